The lowest BCUT2D eigenvalue weighted by molar-refractivity contribution is -0.137. The fourth-order valence-electron chi connectivity index (χ4n) is 3.10. The Morgan fingerprint density at radius 3 is 2.52 bits per heavy atom. The van der Waals surface area contributed by atoms with Gasteiger partial charge in [-0.2, -0.15) is 0 Å². The van der Waals surface area contributed by atoms with Gasteiger partial charge < -0.3 is 15.4 Å². The molecule has 0 aliphatic carbocycles. The van der Waals surface area contributed by atoms with Gasteiger partial charge in [0.1, 0.15) is 5.75 Å². The molecule has 1 amide bonds. The van der Waals surface area contributed by atoms with E-state index >= 15 is 0 Å². The number of benzene rings is 1. The Bertz CT molecular complexity index is 664. The number of piperidine rings is 1. The van der Waals surface area contributed by atoms with Crippen LogP contribution < -0.4 is 10.5 Å². The third-order valence-corrected chi connectivity index (χ3v) is 6.42. The minimum atomic E-state index is -3.53. The first-order chi connectivity index (χ1) is 11.4. The average molecular weight is 391 g/mol. The molecule has 1 aromatic rings. The summed E-state index contributed by atoms with van der Waals surface area (Å²) in [5.41, 5.74) is 5.75. The first-order valence-corrected chi connectivity index (χ1v) is 9.91. The van der Waals surface area contributed by atoms with E-state index < -0.39 is 15.8 Å². The molecule has 1 fully saturated rings. The summed E-state index contributed by atoms with van der Waals surface area (Å²) in [7, 11) is -2.00. The van der Waals surface area contributed by atoms with Gasteiger partial charge in [-0.25, -0.2) is 8.42 Å². The van der Waals surface area contributed by atoms with E-state index in [1.165, 1.54) is 19.2 Å². The number of carbonyl (C=O) groups excluding carboxylic acids is 1. The van der Waals surface area contributed by atoms with Crippen molar-refractivity contribution >= 4 is 28.2 Å². The second kappa shape index (κ2) is 9.40. The first kappa shape index (κ1) is 21.7. The van der Waals surface area contributed by atoms with Crippen molar-refractivity contribution < 1.29 is 17.9 Å². The summed E-state index contributed by atoms with van der Waals surface area (Å²) in [6.07, 6.45) is 2.89. The number of nitrogens with two attached hydrogens (primary N) is 1. The molecular weight excluding hydrogens is 364 g/mol. The number of ether oxygens (including phenoxy) is 1. The van der Waals surface area contributed by atoms with E-state index in [1.54, 1.807) is 24.0 Å². The van der Waals surface area contributed by atoms with Gasteiger partial charge in [-0.15, -0.1) is 12.4 Å². The maximum Gasteiger partial charge on any atom is 0.226 e. The van der Waals surface area contributed by atoms with Crippen LogP contribution in [0.5, 0.6) is 5.75 Å². The lowest BCUT2D eigenvalue weighted by Crippen LogP contribution is -2.50. The van der Waals surface area contributed by atoms with Crippen LogP contribution in [0, 0.1) is 5.92 Å². The van der Waals surface area contributed by atoms with Gasteiger partial charge in [-0.1, -0.05) is 6.92 Å². The molecule has 0 saturated carbocycles. The SMILES string of the molecule is COc1ccc(S(=O)(=O)CC(C)C(=O)N2CCCCC2CN)cc1.Cl. The van der Waals surface area contributed by atoms with Crippen molar-refractivity contribution in [1.82, 2.24) is 4.90 Å². The van der Waals surface area contributed by atoms with Gasteiger partial charge in [-0.05, 0) is 43.5 Å². The molecule has 2 N–H and O–H groups in total. The predicted octanol–water partition coefficient (Wildman–Crippen LogP) is 1.87. The molecule has 6 nitrogen and oxygen atoms in total. The molecule has 2 rings (SSSR count). The highest BCUT2D eigenvalue weighted by atomic mass is 35.5. The lowest BCUT2D eigenvalue weighted by Gasteiger charge is -2.36. The maximum absolute atomic E-state index is 12.7. The van der Waals surface area contributed by atoms with Crippen molar-refractivity contribution in [1.29, 1.82) is 0 Å². The molecule has 25 heavy (non-hydrogen) atoms. The number of amides is 1. The van der Waals surface area contributed by atoms with Gasteiger partial charge in [0.2, 0.25) is 5.91 Å². The topological polar surface area (TPSA) is 89.7 Å². The largest absolute Gasteiger partial charge is 0.497 e. The van der Waals surface area contributed by atoms with E-state index in [9.17, 15) is 13.2 Å². The molecule has 142 valence electrons. The summed E-state index contributed by atoms with van der Waals surface area (Å²) in [5, 5.41) is 0. The number of likely N-dealkylation sites (tertiary alicyclic amines) is 1. The molecule has 1 heterocycles. The lowest BCUT2D eigenvalue weighted by atomic mass is 10.0. The van der Waals surface area contributed by atoms with Crippen LogP contribution in [0.25, 0.3) is 0 Å². The number of carbonyl (C=O) groups is 1. The Kier molecular flexibility index (Phi) is 8.18. The van der Waals surface area contributed by atoms with Crippen LogP contribution in [0.3, 0.4) is 0 Å². The second-order valence-electron chi connectivity index (χ2n) is 6.27. The first-order valence-electron chi connectivity index (χ1n) is 8.26. The number of halogens is 1. The van der Waals surface area contributed by atoms with Gasteiger partial charge in [0.15, 0.2) is 9.84 Å². The minimum Gasteiger partial charge on any atom is -0.497 e. The molecule has 1 aliphatic heterocycles. The Hall–Kier alpha value is -1.31. The van der Waals surface area contributed by atoms with E-state index in [4.69, 9.17) is 10.5 Å². The van der Waals surface area contributed by atoms with E-state index in [-0.39, 0.29) is 35.0 Å². The molecule has 1 aromatic carbocycles. The van der Waals surface area contributed by atoms with Crippen molar-refractivity contribution in [2.75, 3.05) is 26.0 Å². The minimum absolute atomic E-state index is 0. The Morgan fingerprint density at radius 1 is 1.32 bits per heavy atom. The summed E-state index contributed by atoms with van der Waals surface area (Å²) in [6.45, 7) is 2.75. The van der Waals surface area contributed by atoms with Crippen LogP contribution in [0.2, 0.25) is 0 Å². The highest BCUT2D eigenvalue weighted by Crippen LogP contribution is 2.22. The van der Waals surface area contributed by atoms with Crippen molar-refractivity contribution in [2.45, 2.75) is 37.1 Å². The molecule has 0 spiro atoms. The standard InChI is InChI=1S/C17H26N2O4S.ClH/c1-13(17(20)19-10-4-3-5-14(19)11-18)12-24(21,22)16-8-6-15(23-2)7-9-16;/h6-9,13-14H,3-5,10-12,18H2,1-2H3;1H. The molecule has 0 bridgehead atoms. The molecule has 1 aliphatic rings. The maximum atomic E-state index is 12.7. The summed E-state index contributed by atoms with van der Waals surface area (Å²) < 4.78 is 30.1. The van der Waals surface area contributed by atoms with Crippen LogP contribution in [-0.2, 0) is 14.6 Å². The van der Waals surface area contributed by atoms with Crippen LogP contribution in [0.4, 0.5) is 0 Å². The Morgan fingerprint density at radius 2 is 1.96 bits per heavy atom. The third-order valence-electron chi connectivity index (χ3n) is 4.49. The second-order valence-corrected chi connectivity index (χ2v) is 8.31. The third kappa shape index (κ3) is 5.33. The zero-order chi connectivity index (χ0) is 17.7. The number of sulfone groups is 1. The van der Waals surface area contributed by atoms with E-state index in [0.717, 1.165) is 19.3 Å². The molecule has 8 heteroatoms. The fraction of sp³-hybridized carbons (Fsp3) is 0.588. The van der Waals surface area contributed by atoms with Crippen LogP contribution >= 0.6 is 12.4 Å². The van der Waals surface area contributed by atoms with Gasteiger partial charge >= 0.3 is 0 Å². The van der Waals surface area contributed by atoms with E-state index in [0.29, 0.717) is 18.8 Å². The van der Waals surface area contributed by atoms with E-state index in [1.807, 2.05) is 0 Å². The highest BCUT2D eigenvalue weighted by molar-refractivity contribution is 7.91. The normalized spacial score (nSPS) is 19.0. The predicted molar refractivity (Wildman–Crippen MR) is 99.9 cm³/mol. The van der Waals surface area contributed by atoms with Crippen molar-refractivity contribution in [3.05, 3.63) is 24.3 Å². The Balaban J connectivity index is 0.00000312. The van der Waals surface area contributed by atoms with Crippen LogP contribution in [0.1, 0.15) is 26.2 Å². The van der Waals surface area contributed by atoms with Gasteiger partial charge in [0.05, 0.1) is 17.8 Å². The summed E-state index contributed by atoms with van der Waals surface area (Å²) in [4.78, 5) is 14.6. The highest BCUT2D eigenvalue weighted by Gasteiger charge is 2.31. The molecule has 0 aromatic heterocycles. The zero-order valence-electron chi connectivity index (χ0n) is 14.7. The number of hydrogen-bond donors (Lipinski definition) is 1. The zero-order valence-corrected chi connectivity index (χ0v) is 16.3. The van der Waals surface area contributed by atoms with Gasteiger partial charge in [0, 0.05) is 25.0 Å². The summed E-state index contributed by atoms with van der Waals surface area (Å²) in [6, 6.07) is 6.25. The number of methoxy groups -OCH3 is 1. The summed E-state index contributed by atoms with van der Waals surface area (Å²) in [5.74, 6) is -0.324. The van der Waals surface area contributed by atoms with Crippen molar-refractivity contribution in [2.24, 2.45) is 11.7 Å². The monoisotopic (exact) mass is 390 g/mol. The molecule has 0 radical (unpaired) electrons. The summed E-state index contributed by atoms with van der Waals surface area (Å²) >= 11 is 0. The van der Waals surface area contributed by atoms with Gasteiger partial charge in [-0.3, -0.25) is 4.79 Å². The smallest absolute Gasteiger partial charge is 0.226 e. The quantitative estimate of drug-likeness (QED) is 0.800. The van der Waals surface area contributed by atoms with Crippen LogP contribution in [0.15, 0.2) is 29.2 Å². The van der Waals surface area contributed by atoms with Crippen molar-refractivity contribution in [3.63, 3.8) is 0 Å². The van der Waals surface area contributed by atoms with Crippen molar-refractivity contribution in [3.8, 4) is 5.75 Å². The molecule has 2 unspecified atom stereocenters. The fourth-order valence-corrected chi connectivity index (χ4v) is 4.64. The Labute approximate surface area is 156 Å². The molecule has 2 atom stereocenters. The van der Waals surface area contributed by atoms with Crippen LogP contribution in [-0.4, -0.2) is 51.2 Å². The number of rotatable bonds is 6. The molecular formula is C17H27ClN2O4S. The average Bonchev–Trinajstić information content (AvgIpc) is 2.60. The number of hydrogen-bond acceptors (Lipinski definition) is 5. The number of nitrogens with zero attached hydrogens (tertiary/aromatic N) is 1. The molecule has 1 saturated heterocycles. The van der Waals surface area contributed by atoms with Gasteiger partial charge in [0.25, 0.3) is 0 Å². The van der Waals surface area contributed by atoms with E-state index in [2.05, 4.69) is 0 Å².